The molecule has 3 N–H and O–H groups in total. The zero-order valence-corrected chi connectivity index (χ0v) is 12.5. The van der Waals surface area contributed by atoms with Gasteiger partial charge < -0.3 is 15.7 Å². The van der Waals surface area contributed by atoms with Crippen molar-refractivity contribution in [2.75, 3.05) is 0 Å². The number of carbonyl (C=O) groups is 2. The third kappa shape index (κ3) is 2.80. The van der Waals surface area contributed by atoms with E-state index in [1.165, 1.54) is 11.3 Å². The van der Waals surface area contributed by atoms with Gasteiger partial charge in [0.25, 0.3) is 5.91 Å². The Bertz CT molecular complexity index is 545. The van der Waals surface area contributed by atoms with E-state index in [2.05, 4.69) is 4.98 Å². The second-order valence-corrected chi connectivity index (χ2v) is 6.81. The molecule has 2 fully saturated rings. The molecule has 3 rings (SSSR count). The van der Waals surface area contributed by atoms with Crippen molar-refractivity contribution < 1.29 is 14.7 Å². The molecule has 7 heteroatoms. The van der Waals surface area contributed by atoms with Crippen LogP contribution in [0.25, 0.3) is 0 Å². The maximum atomic E-state index is 12.6. The predicted molar refractivity (Wildman–Crippen MR) is 78.0 cm³/mol. The van der Waals surface area contributed by atoms with Gasteiger partial charge in [0.1, 0.15) is 10.7 Å². The van der Waals surface area contributed by atoms with E-state index in [0.717, 1.165) is 30.7 Å². The van der Waals surface area contributed by atoms with Crippen LogP contribution in [0.4, 0.5) is 0 Å². The standard InChI is InChI=1S/C14H19N3O3S/c15-6-12-16-11(7-21-12)14(20)17-9-1-2-10(17)4-8(3-9)5-13(18)19/h7-10H,1-6,15H2,(H,18,19). The van der Waals surface area contributed by atoms with Crippen LogP contribution in [-0.2, 0) is 11.3 Å². The topological polar surface area (TPSA) is 96.5 Å². The smallest absolute Gasteiger partial charge is 0.303 e. The molecule has 1 aromatic heterocycles. The summed E-state index contributed by atoms with van der Waals surface area (Å²) in [5, 5.41) is 11.5. The highest BCUT2D eigenvalue weighted by molar-refractivity contribution is 7.09. The van der Waals surface area contributed by atoms with Crippen molar-refractivity contribution in [1.29, 1.82) is 0 Å². The minimum atomic E-state index is -0.744. The van der Waals surface area contributed by atoms with Gasteiger partial charge in [-0.25, -0.2) is 4.98 Å². The number of aliphatic carboxylic acids is 1. The molecule has 0 radical (unpaired) electrons. The van der Waals surface area contributed by atoms with E-state index in [-0.39, 0.29) is 30.3 Å². The maximum Gasteiger partial charge on any atom is 0.303 e. The molecule has 3 heterocycles. The van der Waals surface area contributed by atoms with Crippen LogP contribution < -0.4 is 5.73 Å². The lowest BCUT2D eigenvalue weighted by molar-refractivity contribution is -0.138. The Kier molecular flexibility index (Phi) is 3.95. The van der Waals surface area contributed by atoms with Gasteiger partial charge in [-0.15, -0.1) is 11.3 Å². The van der Waals surface area contributed by atoms with Crippen LogP contribution in [0.15, 0.2) is 5.38 Å². The van der Waals surface area contributed by atoms with E-state index in [0.29, 0.717) is 12.2 Å². The van der Waals surface area contributed by atoms with Gasteiger partial charge in [0, 0.05) is 30.4 Å². The first kappa shape index (κ1) is 14.5. The Morgan fingerprint density at radius 3 is 2.57 bits per heavy atom. The van der Waals surface area contributed by atoms with E-state index in [1.807, 2.05) is 4.90 Å². The predicted octanol–water partition coefficient (Wildman–Crippen LogP) is 1.46. The lowest BCUT2D eigenvalue weighted by Crippen LogP contribution is -2.47. The van der Waals surface area contributed by atoms with E-state index < -0.39 is 5.97 Å². The van der Waals surface area contributed by atoms with Crippen LogP contribution in [0.1, 0.15) is 47.6 Å². The normalized spacial score (nSPS) is 27.9. The summed E-state index contributed by atoms with van der Waals surface area (Å²) in [5.74, 6) is -0.572. The van der Waals surface area contributed by atoms with Crippen LogP contribution in [0.5, 0.6) is 0 Å². The molecule has 21 heavy (non-hydrogen) atoms. The number of amides is 1. The molecule has 114 valence electrons. The number of carbonyl (C=O) groups excluding carboxylic acids is 1. The van der Waals surface area contributed by atoms with Gasteiger partial charge >= 0.3 is 5.97 Å². The Labute approximate surface area is 127 Å². The summed E-state index contributed by atoms with van der Waals surface area (Å²) in [5.41, 5.74) is 6.02. The number of carboxylic acids is 1. The summed E-state index contributed by atoms with van der Waals surface area (Å²) in [6, 6.07) is 0.340. The summed E-state index contributed by atoms with van der Waals surface area (Å²) in [6.07, 6.45) is 3.74. The fourth-order valence-corrected chi connectivity index (χ4v) is 4.32. The molecule has 1 aromatic rings. The minimum Gasteiger partial charge on any atom is -0.481 e. The van der Waals surface area contributed by atoms with Crippen molar-refractivity contribution in [3.8, 4) is 0 Å². The SMILES string of the molecule is NCc1nc(C(=O)N2C3CCC2CC(CC(=O)O)C3)cs1. The lowest BCUT2D eigenvalue weighted by atomic mass is 9.88. The summed E-state index contributed by atoms with van der Waals surface area (Å²) >= 11 is 1.41. The third-order valence-electron chi connectivity index (χ3n) is 4.47. The van der Waals surface area contributed by atoms with Crippen molar-refractivity contribution in [2.45, 2.75) is 50.7 Å². The first-order valence-corrected chi connectivity index (χ1v) is 8.15. The molecular weight excluding hydrogens is 290 g/mol. The molecule has 2 atom stereocenters. The number of fused-ring (bicyclic) bond motifs is 2. The average molecular weight is 309 g/mol. The molecule has 2 aliphatic heterocycles. The lowest BCUT2D eigenvalue weighted by Gasteiger charge is -2.38. The van der Waals surface area contributed by atoms with Crippen molar-refractivity contribution in [2.24, 2.45) is 11.7 Å². The first-order chi connectivity index (χ1) is 10.1. The van der Waals surface area contributed by atoms with E-state index in [9.17, 15) is 9.59 Å². The number of rotatable bonds is 4. The highest BCUT2D eigenvalue weighted by atomic mass is 32.1. The van der Waals surface area contributed by atoms with Crippen LogP contribution >= 0.6 is 11.3 Å². The van der Waals surface area contributed by atoms with Crippen molar-refractivity contribution >= 4 is 23.2 Å². The van der Waals surface area contributed by atoms with Gasteiger partial charge in [-0.1, -0.05) is 0 Å². The number of piperidine rings is 1. The van der Waals surface area contributed by atoms with E-state index in [1.54, 1.807) is 5.38 Å². The van der Waals surface area contributed by atoms with Gasteiger partial charge in [0.2, 0.25) is 0 Å². The zero-order chi connectivity index (χ0) is 15.0. The van der Waals surface area contributed by atoms with Crippen LogP contribution in [-0.4, -0.2) is 39.0 Å². The largest absolute Gasteiger partial charge is 0.481 e. The highest BCUT2D eigenvalue weighted by Gasteiger charge is 2.44. The molecule has 2 aliphatic rings. The zero-order valence-electron chi connectivity index (χ0n) is 11.7. The second kappa shape index (κ2) is 5.73. The Morgan fingerprint density at radius 2 is 2.05 bits per heavy atom. The van der Waals surface area contributed by atoms with Gasteiger partial charge in [-0.3, -0.25) is 9.59 Å². The quantitative estimate of drug-likeness (QED) is 0.877. The number of hydrogen-bond acceptors (Lipinski definition) is 5. The highest BCUT2D eigenvalue weighted by Crippen LogP contribution is 2.40. The second-order valence-electron chi connectivity index (χ2n) is 5.86. The molecular formula is C14H19N3O3S. The summed E-state index contributed by atoms with van der Waals surface area (Å²) < 4.78 is 0. The Balaban J connectivity index is 1.72. The first-order valence-electron chi connectivity index (χ1n) is 7.27. The average Bonchev–Trinajstić information content (AvgIpc) is 3.01. The van der Waals surface area contributed by atoms with Crippen molar-refractivity contribution in [1.82, 2.24) is 9.88 Å². The number of nitrogens with zero attached hydrogens (tertiary/aromatic N) is 2. The number of aromatic nitrogens is 1. The Hall–Kier alpha value is -1.47. The van der Waals surface area contributed by atoms with Gasteiger partial charge in [-0.2, -0.15) is 0 Å². The fourth-order valence-electron chi connectivity index (χ4n) is 3.67. The fraction of sp³-hybridized carbons (Fsp3) is 0.643. The number of nitrogens with two attached hydrogens (primary N) is 1. The monoisotopic (exact) mass is 309 g/mol. The van der Waals surface area contributed by atoms with E-state index >= 15 is 0 Å². The molecule has 0 saturated carbocycles. The van der Waals surface area contributed by atoms with Crippen molar-refractivity contribution in [3.63, 3.8) is 0 Å². The summed E-state index contributed by atoms with van der Waals surface area (Å²) in [7, 11) is 0. The van der Waals surface area contributed by atoms with Gasteiger partial charge in [0.05, 0.1) is 0 Å². The number of carboxylic acid groups (broad SMARTS) is 1. The Morgan fingerprint density at radius 1 is 1.38 bits per heavy atom. The van der Waals surface area contributed by atoms with E-state index in [4.69, 9.17) is 10.8 Å². The molecule has 6 nitrogen and oxygen atoms in total. The summed E-state index contributed by atoms with van der Waals surface area (Å²) in [6.45, 7) is 0.353. The molecule has 2 bridgehead atoms. The third-order valence-corrected chi connectivity index (χ3v) is 5.35. The number of hydrogen-bond donors (Lipinski definition) is 2. The molecule has 2 saturated heterocycles. The minimum absolute atomic E-state index is 0.0211. The van der Waals surface area contributed by atoms with Crippen LogP contribution in [0.3, 0.4) is 0 Å². The van der Waals surface area contributed by atoms with Crippen molar-refractivity contribution in [3.05, 3.63) is 16.1 Å². The maximum absolute atomic E-state index is 12.6. The molecule has 0 spiro atoms. The number of thiazole rings is 1. The van der Waals surface area contributed by atoms with Crippen LogP contribution in [0, 0.1) is 5.92 Å². The summed E-state index contributed by atoms with van der Waals surface area (Å²) in [4.78, 5) is 29.7. The molecule has 2 unspecified atom stereocenters. The van der Waals surface area contributed by atoms with Gasteiger partial charge in [-0.05, 0) is 31.6 Å². The molecule has 1 amide bonds. The molecule has 0 aliphatic carbocycles. The van der Waals surface area contributed by atoms with Gasteiger partial charge in [0.15, 0.2) is 0 Å². The molecule has 0 aromatic carbocycles. The van der Waals surface area contributed by atoms with Crippen LogP contribution in [0.2, 0.25) is 0 Å².